The molecular weight excluding hydrogens is 584 g/mol. The summed E-state index contributed by atoms with van der Waals surface area (Å²) >= 11 is 3.65. The highest BCUT2D eigenvalue weighted by atomic mass is 79.9. The van der Waals surface area contributed by atoms with Crippen molar-refractivity contribution >= 4 is 44.0 Å². The molecule has 2 heterocycles. The fourth-order valence-electron chi connectivity index (χ4n) is 5.34. The van der Waals surface area contributed by atoms with E-state index in [1.165, 1.54) is 0 Å². The predicted molar refractivity (Wildman–Crippen MR) is 169 cm³/mol. The van der Waals surface area contributed by atoms with Crippen molar-refractivity contribution in [3.05, 3.63) is 70.2 Å². The van der Waals surface area contributed by atoms with Gasteiger partial charge in [-0.25, -0.2) is 4.98 Å². The van der Waals surface area contributed by atoms with E-state index >= 15 is 0 Å². The van der Waals surface area contributed by atoms with Gasteiger partial charge in [-0.05, 0) is 55.3 Å². The first-order valence-electron chi connectivity index (χ1n) is 13.8. The number of pyridine rings is 1. The molecule has 0 amide bonds. The van der Waals surface area contributed by atoms with E-state index in [1.54, 1.807) is 28.4 Å². The molecule has 8 nitrogen and oxygen atoms in total. The van der Waals surface area contributed by atoms with Gasteiger partial charge in [0.15, 0.2) is 5.82 Å². The van der Waals surface area contributed by atoms with E-state index < -0.39 is 0 Å². The van der Waals surface area contributed by atoms with Crippen molar-refractivity contribution in [2.24, 2.45) is 0 Å². The van der Waals surface area contributed by atoms with Gasteiger partial charge in [0.25, 0.3) is 0 Å². The van der Waals surface area contributed by atoms with Crippen molar-refractivity contribution in [3.63, 3.8) is 0 Å². The van der Waals surface area contributed by atoms with E-state index in [2.05, 4.69) is 62.7 Å². The quantitative estimate of drug-likeness (QED) is 0.168. The Morgan fingerprint density at radius 1 is 0.878 bits per heavy atom. The Kier molecular flexibility index (Phi) is 8.93. The van der Waals surface area contributed by atoms with Gasteiger partial charge >= 0.3 is 0 Å². The number of anilines is 3. The lowest BCUT2D eigenvalue weighted by molar-refractivity contribution is 0.390. The number of halogens is 1. The molecular formula is C32H37BrN4O4. The largest absolute Gasteiger partial charge is 0.497 e. The third-order valence-electron chi connectivity index (χ3n) is 7.50. The minimum Gasteiger partial charge on any atom is -0.497 e. The van der Waals surface area contributed by atoms with Crippen LogP contribution in [-0.2, 0) is 13.1 Å². The maximum Gasteiger partial charge on any atom is 0.152 e. The number of fused-ring (bicyclic) bond motifs is 3. The topological polar surface area (TPSA) is 77.1 Å². The molecule has 0 aliphatic carbocycles. The van der Waals surface area contributed by atoms with Crippen molar-refractivity contribution in [3.8, 4) is 23.0 Å². The van der Waals surface area contributed by atoms with Crippen LogP contribution in [0.3, 0.4) is 0 Å². The second-order valence-corrected chi connectivity index (χ2v) is 10.9. The molecule has 9 heteroatoms. The first-order valence-corrected chi connectivity index (χ1v) is 14.6. The average molecular weight is 622 g/mol. The molecule has 0 spiro atoms. The first-order chi connectivity index (χ1) is 20.0. The molecule has 1 aromatic heterocycles. The minimum absolute atomic E-state index is 0.101. The molecule has 2 N–H and O–H groups in total. The molecule has 0 bridgehead atoms. The molecule has 4 aromatic rings. The van der Waals surface area contributed by atoms with E-state index in [9.17, 15) is 0 Å². The zero-order chi connectivity index (χ0) is 28.9. The molecule has 3 aromatic carbocycles. The second-order valence-electron chi connectivity index (χ2n) is 9.98. The summed E-state index contributed by atoms with van der Waals surface area (Å²) < 4.78 is 23.2. The highest BCUT2D eigenvalue weighted by Crippen LogP contribution is 2.47. The number of hydrogen-bond acceptors (Lipinski definition) is 8. The standard InChI is InChI=1S/C32H37BrN4O4/c1-6-7-8-29-36-30-31(37(29)19-21-10-13-24(39-3)17-28(21)41-5)25-14-11-22(33)15-26(25)35-32(30)34-18-20-9-12-23(38-2)16-27(20)40-4/h9-17,29,36H,6-8,18-19H2,1-5H3,(H,34,35). The maximum absolute atomic E-state index is 5.78. The Morgan fingerprint density at radius 2 is 1.56 bits per heavy atom. The Bertz CT molecular complexity index is 1530. The van der Waals surface area contributed by atoms with Gasteiger partial charge in [-0.1, -0.05) is 29.3 Å². The van der Waals surface area contributed by atoms with E-state index in [1.807, 2.05) is 30.3 Å². The Morgan fingerprint density at radius 3 is 2.22 bits per heavy atom. The number of hydrogen-bond donors (Lipinski definition) is 2. The Hall–Kier alpha value is -3.85. The average Bonchev–Trinajstić information content (AvgIpc) is 3.36. The molecule has 1 aliphatic heterocycles. The number of methoxy groups -OCH3 is 4. The van der Waals surface area contributed by atoms with Gasteiger partial charge in [-0.3, -0.25) is 0 Å². The summed E-state index contributed by atoms with van der Waals surface area (Å²) in [6.07, 6.45) is 3.31. The van der Waals surface area contributed by atoms with Crippen molar-refractivity contribution < 1.29 is 18.9 Å². The first kappa shape index (κ1) is 28.7. The molecule has 0 radical (unpaired) electrons. The molecule has 216 valence electrons. The molecule has 1 atom stereocenters. The number of benzene rings is 3. The fraction of sp³-hybridized carbons (Fsp3) is 0.344. The van der Waals surface area contributed by atoms with Crippen LogP contribution in [0.2, 0.25) is 0 Å². The number of ether oxygens (including phenoxy) is 4. The Balaban J connectivity index is 1.58. The van der Waals surface area contributed by atoms with E-state index in [-0.39, 0.29) is 6.17 Å². The molecule has 1 unspecified atom stereocenters. The summed E-state index contributed by atoms with van der Waals surface area (Å²) in [4.78, 5) is 7.54. The molecule has 41 heavy (non-hydrogen) atoms. The SMILES string of the molecule is CCCCC1Nc2c(NCc3ccc(OC)cc3OC)nc3cc(Br)ccc3c2N1Cc1ccc(OC)cc1OC. The van der Waals surface area contributed by atoms with Crippen LogP contribution in [0, 0.1) is 0 Å². The lowest BCUT2D eigenvalue weighted by atomic mass is 10.1. The maximum atomic E-state index is 5.78. The second kappa shape index (κ2) is 12.8. The van der Waals surface area contributed by atoms with Crippen molar-refractivity contribution in [2.75, 3.05) is 44.0 Å². The van der Waals surface area contributed by atoms with Crippen LogP contribution in [0.5, 0.6) is 23.0 Å². The summed E-state index contributed by atoms with van der Waals surface area (Å²) in [5.41, 5.74) is 5.14. The number of aromatic nitrogens is 1. The fourth-order valence-corrected chi connectivity index (χ4v) is 5.69. The van der Waals surface area contributed by atoms with Crippen LogP contribution in [0.15, 0.2) is 59.1 Å². The van der Waals surface area contributed by atoms with Gasteiger partial charge in [-0.2, -0.15) is 0 Å². The normalized spacial score (nSPS) is 14.0. The summed E-state index contributed by atoms with van der Waals surface area (Å²) in [6.45, 7) is 3.44. The lowest BCUT2D eigenvalue weighted by Gasteiger charge is -2.28. The Labute approximate surface area is 250 Å². The van der Waals surface area contributed by atoms with E-state index in [0.717, 1.165) is 86.0 Å². The predicted octanol–water partition coefficient (Wildman–Crippen LogP) is 7.59. The minimum atomic E-state index is 0.101. The summed E-state index contributed by atoms with van der Waals surface area (Å²) in [6, 6.07) is 18.2. The summed E-state index contributed by atoms with van der Waals surface area (Å²) in [5.74, 6) is 3.89. The highest BCUT2D eigenvalue weighted by Gasteiger charge is 2.33. The van der Waals surface area contributed by atoms with Crippen molar-refractivity contribution in [2.45, 2.75) is 45.4 Å². The lowest BCUT2D eigenvalue weighted by Crippen LogP contribution is -2.35. The van der Waals surface area contributed by atoms with E-state index in [4.69, 9.17) is 23.9 Å². The summed E-state index contributed by atoms with van der Waals surface area (Å²) in [7, 11) is 6.70. The van der Waals surface area contributed by atoms with Crippen LogP contribution in [0.25, 0.3) is 10.9 Å². The number of nitrogens with zero attached hydrogens (tertiary/aromatic N) is 2. The van der Waals surface area contributed by atoms with Gasteiger partial charge in [-0.15, -0.1) is 0 Å². The number of unbranched alkanes of at least 4 members (excludes halogenated alkanes) is 1. The number of nitrogens with one attached hydrogen (secondary N) is 2. The van der Waals surface area contributed by atoms with Crippen LogP contribution in [0.1, 0.15) is 37.3 Å². The van der Waals surface area contributed by atoms with Gasteiger partial charge in [0, 0.05) is 46.2 Å². The van der Waals surface area contributed by atoms with Crippen molar-refractivity contribution in [1.29, 1.82) is 0 Å². The van der Waals surface area contributed by atoms with Gasteiger partial charge in [0.05, 0.1) is 45.8 Å². The molecule has 0 fully saturated rings. The van der Waals surface area contributed by atoms with Crippen LogP contribution >= 0.6 is 15.9 Å². The smallest absolute Gasteiger partial charge is 0.152 e. The zero-order valence-corrected chi connectivity index (χ0v) is 25.8. The number of rotatable bonds is 12. The highest BCUT2D eigenvalue weighted by molar-refractivity contribution is 9.10. The van der Waals surface area contributed by atoms with E-state index in [0.29, 0.717) is 13.1 Å². The van der Waals surface area contributed by atoms with Gasteiger partial charge in [0.2, 0.25) is 0 Å². The zero-order valence-electron chi connectivity index (χ0n) is 24.2. The monoisotopic (exact) mass is 620 g/mol. The third-order valence-corrected chi connectivity index (χ3v) is 7.99. The molecule has 5 rings (SSSR count). The van der Waals surface area contributed by atoms with Crippen LogP contribution < -0.4 is 34.5 Å². The summed E-state index contributed by atoms with van der Waals surface area (Å²) in [5, 5.41) is 8.53. The molecule has 0 saturated carbocycles. The third kappa shape index (κ3) is 5.95. The van der Waals surface area contributed by atoms with Crippen molar-refractivity contribution in [1.82, 2.24) is 4.98 Å². The van der Waals surface area contributed by atoms with Gasteiger partial charge in [0.1, 0.15) is 28.7 Å². The van der Waals surface area contributed by atoms with Crippen LogP contribution in [-0.4, -0.2) is 39.6 Å². The molecule has 0 saturated heterocycles. The van der Waals surface area contributed by atoms with Gasteiger partial charge < -0.3 is 34.5 Å². The molecule has 1 aliphatic rings. The van der Waals surface area contributed by atoms with Crippen LogP contribution in [0.4, 0.5) is 17.2 Å².